The molecule has 16 heavy (non-hydrogen) atoms. The SMILES string of the molecule is CCCCC(CCC)n1c(CO)n[nH]c1=S. The third-order valence-corrected chi connectivity index (χ3v) is 3.08. The molecule has 0 spiro atoms. The van der Waals surface area contributed by atoms with Crippen molar-refractivity contribution in [3.63, 3.8) is 0 Å². The van der Waals surface area contributed by atoms with Crippen LogP contribution in [0.15, 0.2) is 0 Å². The summed E-state index contributed by atoms with van der Waals surface area (Å²) in [5.41, 5.74) is 0. The van der Waals surface area contributed by atoms with E-state index in [2.05, 4.69) is 24.0 Å². The van der Waals surface area contributed by atoms with Gasteiger partial charge in [0, 0.05) is 6.04 Å². The number of unbranched alkanes of at least 4 members (excludes halogenated alkanes) is 1. The lowest BCUT2D eigenvalue weighted by atomic mass is 10.1. The zero-order valence-corrected chi connectivity index (χ0v) is 10.9. The molecule has 92 valence electrons. The average Bonchev–Trinajstić information content (AvgIpc) is 2.66. The van der Waals surface area contributed by atoms with Crippen LogP contribution in [0.25, 0.3) is 0 Å². The Morgan fingerprint density at radius 2 is 2.12 bits per heavy atom. The van der Waals surface area contributed by atoms with Crippen LogP contribution in [0.3, 0.4) is 0 Å². The van der Waals surface area contributed by atoms with Crippen molar-refractivity contribution in [2.75, 3.05) is 0 Å². The van der Waals surface area contributed by atoms with Crippen molar-refractivity contribution in [1.82, 2.24) is 14.8 Å². The minimum atomic E-state index is -0.0561. The Balaban J connectivity index is 2.89. The van der Waals surface area contributed by atoms with Crippen LogP contribution in [0.1, 0.15) is 57.8 Å². The fourth-order valence-corrected chi connectivity index (χ4v) is 2.30. The lowest BCUT2D eigenvalue weighted by molar-refractivity contribution is 0.255. The topological polar surface area (TPSA) is 53.8 Å². The highest BCUT2D eigenvalue weighted by atomic mass is 32.1. The standard InChI is InChI=1S/C11H21N3OS/c1-3-5-7-9(6-4-2)14-10(8-15)12-13-11(14)16/h9,15H,3-8H2,1-2H3,(H,13,16). The van der Waals surface area contributed by atoms with Gasteiger partial charge in [-0.2, -0.15) is 5.10 Å². The van der Waals surface area contributed by atoms with Gasteiger partial charge in [-0.05, 0) is 25.1 Å². The van der Waals surface area contributed by atoms with Gasteiger partial charge in [-0.1, -0.05) is 33.1 Å². The number of aliphatic hydroxyl groups excluding tert-OH is 1. The number of nitrogens with one attached hydrogen (secondary N) is 1. The van der Waals surface area contributed by atoms with E-state index in [9.17, 15) is 5.11 Å². The van der Waals surface area contributed by atoms with Crippen LogP contribution in [0.2, 0.25) is 0 Å². The van der Waals surface area contributed by atoms with Crippen molar-refractivity contribution >= 4 is 12.2 Å². The number of hydrogen-bond donors (Lipinski definition) is 2. The molecule has 0 saturated carbocycles. The summed E-state index contributed by atoms with van der Waals surface area (Å²) < 4.78 is 2.60. The number of hydrogen-bond acceptors (Lipinski definition) is 3. The van der Waals surface area contributed by atoms with Gasteiger partial charge in [0.05, 0.1) is 0 Å². The Morgan fingerprint density at radius 3 is 2.69 bits per heavy atom. The first-order valence-electron chi connectivity index (χ1n) is 6.01. The molecule has 0 aliphatic heterocycles. The lowest BCUT2D eigenvalue weighted by Gasteiger charge is -2.18. The monoisotopic (exact) mass is 243 g/mol. The smallest absolute Gasteiger partial charge is 0.195 e. The predicted octanol–water partition coefficient (Wildman–Crippen LogP) is 2.96. The first-order chi connectivity index (χ1) is 7.74. The number of nitrogens with zero attached hydrogens (tertiary/aromatic N) is 2. The van der Waals surface area contributed by atoms with Crippen LogP contribution in [0, 0.1) is 4.77 Å². The molecule has 0 aliphatic carbocycles. The third kappa shape index (κ3) is 3.15. The van der Waals surface area contributed by atoms with E-state index in [-0.39, 0.29) is 6.61 Å². The van der Waals surface area contributed by atoms with E-state index < -0.39 is 0 Å². The number of rotatable bonds is 7. The first-order valence-corrected chi connectivity index (χ1v) is 6.42. The number of aromatic nitrogens is 3. The van der Waals surface area contributed by atoms with Crippen molar-refractivity contribution in [3.05, 3.63) is 10.6 Å². The summed E-state index contributed by atoms with van der Waals surface area (Å²) in [5, 5.41) is 16.0. The Hall–Kier alpha value is -0.680. The average molecular weight is 243 g/mol. The molecule has 2 N–H and O–H groups in total. The van der Waals surface area contributed by atoms with Crippen molar-refractivity contribution in [3.8, 4) is 0 Å². The number of aromatic amines is 1. The highest BCUT2D eigenvalue weighted by Crippen LogP contribution is 2.22. The van der Waals surface area contributed by atoms with E-state index in [1.807, 2.05) is 4.57 Å². The summed E-state index contributed by atoms with van der Waals surface area (Å²) in [4.78, 5) is 0. The zero-order chi connectivity index (χ0) is 12.0. The van der Waals surface area contributed by atoms with Gasteiger partial charge in [0.15, 0.2) is 10.6 Å². The highest BCUT2D eigenvalue weighted by Gasteiger charge is 2.15. The van der Waals surface area contributed by atoms with Crippen molar-refractivity contribution < 1.29 is 5.11 Å². The van der Waals surface area contributed by atoms with E-state index in [4.69, 9.17) is 12.2 Å². The van der Waals surface area contributed by atoms with Crippen LogP contribution in [0.4, 0.5) is 0 Å². The zero-order valence-electron chi connectivity index (χ0n) is 10.1. The van der Waals surface area contributed by atoms with Gasteiger partial charge in [0.25, 0.3) is 0 Å². The van der Waals surface area contributed by atoms with E-state index >= 15 is 0 Å². The second-order valence-electron chi connectivity index (χ2n) is 4.06. The van der Waals surface area contributed by atoms with E-state index in [1.165, 1.54) is 12.8 Å². The maximum absolute atomic E-state index is 9.22. The summed E-state index contributed by atoms with van der Waals surface area (Å²) >= 11 is 5.21. The van der Waals surface area contributed by atoms with Crippen LogP contribution in [-0.4, -0.2) is 19.9 Å². The molecule has 5 heteroatoms. The molecule has 0 aromatic carbocycles. The molecular weight excluding hydrogens is 222 g/mol. The summed E-state index contributed by atoms with van der Waals surface area (Å²) in [6.45, 7) is 4.30. The lowest BCUT2D eigenvalue weighted by Crippen LogP contribution is -2.13. The summed E-state index contributed by atoms with van der Waals surface area (Å²) in [6.07, 6.45) is 5.67. The summed E-state index contributed by atoms with van der Waals surface area (Å²) in [6, 6.07) is 0.373. The molecule has 0 amide bonds. The molecule has 4 nitrogen and oxygen atoms in total. The Morgan fingerprint density at radius 1 is 1.38 bits per heavy atom. The van der Waals surface area contributed by atoms with Gasteiger partial charge in [-0.3, -0.25) is 9.67 Å². The van der Waals surface area contributed by atoms with Gasteiger partial charge in [-0.15, -0.1) is 0 Å². The molecule has 0 bridgehead atoms. The van der Waals surface area contributed by atoms with Gasteiger partial charge in [-0.25, -0.2) is 0 Å². The van der Waals surface area contributed by atoms with E-state index in [0.29, 0.717) is 16.6 Å². The van der Waals surface area contributed by atoms with Crippen LogP contribution >= 0.6 is 12.2 Å². The third-order valence-electron chi connectivity index (χ3n) is 2.80. The number of aliphatic hydroxyl groups is 1. The van der Waals surface area contributed by atoms with Crippen molar-refractivity contribution in [2.45, 2.75) is 58.6 Å². The summed E-state index contributed by atoms with van der Waals surface area (Å²) in [5.74, 6) is 0.652. The normalized spacial score (nSPS) is 12.9. The second-order valence-corrected chi connectivity index (χ2v) is 4.44. The largest absolute Gasteiger partial charge is 0.388 e. The summed E-state index contributed by atoms with van der Waals surface area (Å²) in [7, 11) is 0. The Labute approximate surface area is 102 Å². The maximum atomic E-state index is 9.22. The molecule has 0 aliphatic rings. The molecule has 1 heterocycles. The molecule has 1 atom stereocenters. The Bertz CT molecular complexity index is 358. The van der Waals surface area contributed by atoms with E-state index in [0.717, 1.165) is 19.3 Å². The molecule has 0 fully saturated rings. The maximum Gasteiger partial charge on any atom is 0.195 e. The fourth-order valence-electron chi connectivity index (χ4n) is 2.00. The van der Waals surface area contributed by atoms with Gasteiger partial charge in [0.1, 0.15) is 6.61 Å². The van der Waals surface area contributed by atoms with Gasteiger partial charge in [0.2, 0.25) is 0 Å². The van der Waals surface area contributed by atoms with Crippen LogP contribution in [0.5, 0.6) is 0 Å². The molecular formula is C11H21N3OS. The minimum absolute atomic E-state index is 0.0561. The van der Waals surface area contributed by atoms with E-state index in [1.54, 1.807) is 0 Å². The Kier molecular flexibility index (Phi) is 5.69. The van der Waals surface area contributed by atoms with Gasteiger partial charge >= 0.3 is 0 Å². The van der Waals surface area contributed by atoms with Crippen molar-refractivity contribution in [1.29, 1.82) is 0 Å². The van der Waals surface area contributed by atoms with Gasteiger partial charge < -0.3 is 5.11 Å². The van der Waals surface area contributed by atoms with Crippen LogP contribution < -0.4 is 0 Å². The first kappa shape index (κ1) is 13.4. The van der Waals surface area contributed by atoms with Crippen molar-refractivity contribution in [2.24, 2.45) is 0 Å². The molecule has 0 radical (unpaired) electrons. The molecule has 1 rings (SSSR count). The second kappa shape index (κ2) is 6.81. The van der Waals surface area contributed by atoms with Crippen LogP contribution in [-0.2, 0) is 6.61 Å². The molecule has 1 aromatic rings. The molecule has 1 unspecified atom stereocenters. The molecule has 1 aromatic heterocycles. The number of H-pyrrole nitrogens is 1. The predicted molar refractivity (Wildman–Crippen MR) is 66.8 cm³/mol. The fraction of sp³-hybridized carbons (Fsp3) is 0.818. The highest BCUT2D eigenvalue weighted by molar-refractivity contribution is 7.71. The minimum Gasteiger partial charge on any atom is -0.388 e. The molecule has 0 saturated heterocycles. The quantitative estimate of drug-likeness (QED) is 0.724.